The van der Waals surface area contributed by atoms with Crippen LogP contribution >= 0.6 is 11.6 Å². The Labute approximate surface area is 356 Å². The highest BCUT2D eigenvalue weighted by Gasteiger charge is 2.37. The van der Waals surface area contributed by atoms with E-state index in [-0.39, 0.29) is 29.6 Å². The third kappa shape index (κ3) is 7.73. The fourth-order valence-electron chi connectivity index (χ4n) is 9.50. The molecule has 2 atom stereocenters. The standard InChI is InChI=1S/C49H53ClN6O4/c1-3-4-21-51-44-13-8-22-54-46(30-42(47(44)54)49(59)56(35-14-17-38(57)18-15-35)36-16-19-45-33(28-36)20-23-52(45)2)39-10-5-6-11-40(39)48(58)55-31-34-9-7-12-43(50)41(34)29-37(55)32-53-24-26-60-27-25-53/h5-7,9-12,14-20,23,28,30,37,44,51,57H,3-4,8,13,21-22,24-27,29,31-32H2,1-2H3/t37-,44?/m0/s1. The monoisotopic (exact) mass is 824 g/mol. The number of anilines is 2. The lowest BCUT2D eigenvalue weighted by Gasteiger charge is -2.41. The van der Waals surface area contributed by atoms with Crippen LogP contribution in [0.25, 0.3) is 22.2 Å². The molecular weight excluding hydrogens is 772 g/mol. The van der Waals surface area contributed by atoms with Crippen LogP contribution in [0, 0.1) is 0 Å². The second-order valence-electron chi connectivity index (χ2n) is 16.4. The number of fused-ring (bicyclic) bond motifs is 3. The minimum absolute atomic E-state index is 0.0341. The van der Waals surface area contributed by atoms with Gasteiger partial charge in [-0.05, 0) is 110 Å². The van der Waals surface area contributed by atoms with E-state index in [2.05, 4.69) is 38.4 Å². The highest BCUT2D eigenvalue weighted by Crippen LogP contribution is 2.41. The predicted molar refractivity (Wildman–Crippen MR) is 238 cm³/mol. The average molecular weight is 825 g/mol. The molecule has 0 bridgehead atoms. The van der Waals surface area contributed by atoms with Crippen molar-refractivity contribution in [1.29, 1.82) is 0 Å². The van der Waals surface area contributed by atoms with Gasteiger partial charge in [0.2, 0.25) is 0 Å². The topological polar surface area (TPSA) is 95.2 Å². The number of morpholine rings is 1. The summed E-state index contributed by atoms with van der Waals surface area (Å²) >= 11 is 6.79. The van der Waals surface area contributed by atoms with Gasteiger partial charge in [-0.15, -0.1) is 0 Å². The fourth-order valence-corrected chi connectivity index (χ4v) is 9.77. The van der Waals surface area contributed by atoms with Crippen molar-refractivity contribution in [2.75, 3.05) is 44.3 Å². The Kier molecular flexibility index (Phi) is 11.5. The van der Waals surface area contributed by atoms with Gasteiger partial charge in [0.05, 0.1) is 18.8 Å². The molecule has 10 nitrogen and oxygen atoms in total. The third-order valence-corrected chi connectivity index (χ3v) is 13.0. The molecule has 0 radical (unpaired) electrons. The first kappa shape index (κ1) is 40.0. The van der Waals surface area contributed by atoms with Crippen LogP contribution in [0.1, 0.15) is 76.2 Å². The van der Waals surface area contributed by atoms with Gasteiger partial charge in [0.1, 0.15) is 5.75 Å². The lowest BCUT2D eigenvalue weighted by atomic mass is 9.92. The van der Waals surface area contributed by atoms with E-state index < -0.39 is 0 Å². The van der Waals surface area contributed by atoms with E-state index in [0.717, 1.165) is 108 Å². The zero-order chi connectivity index (χ0) is 41.3. The minimum atomic E-state index is -0.172. The zero-order valence-corrected chi connectivity index (χ0v) is 35.2. The summed E-state index contributed by atoms with van der Waals surface area (Å²) in [5.41, 5.74) is 8.43. The van der Waals surface area contributed by atoms with Crippen LogP contribution in [0.3, 0.4) is 0 Å². The normalized spacial score (nSPS) is 18.0. The van der Waals surface area contributed by atoms with E-state index in [0.29, 0.717) is 43.0 Å². The van der Waals surface area contributed by atoms with E-state index in [1.165, 1.54) is 0 Å². The molecule has 0 aliphatic carbocycles. The van der Waals surface area contributed by atoms with Gasteiger partial charge >= 0.3 is 0 Å². The molecule has 2 aromatic heterocycles. The molecule has 1 unspecified atom stereocenters. The number of phenolic OH excluding ortho intramolecular Hbond substituents is 1. The molecular formula is C49H53ClN6O4. The summed E-state index contributed by atoms with van der Waals surface area (Å²) in [5, 5.41) is 15.9. The van der Waals surface area contributed by atoms with Crippen LogP contribution in [0.2, 0.25) is 5.02 Å². The smallest absolute Gasteiger partial charge is 0.264 e. The van der Waals surface area contributed by atoms with Crippen LogP contribution < -0.4 is 10.2 Å². The van der Waals surface area contributed by atoms with E-state index in [1.54, 1.807) is 29.2 Å². The summed E-state index contributed by atoms with van der Waals surface area (Å²) in [6, 6.07) is 30.7. The number of carbonyl (C=O) groups is 2. The first-order chi connectivity index (χ1) is 29.3. The summed E-state index contributed by atoms with van der Waals surface area (Å²) in [7, 11) is 2.01. The van der Waals surface area contributed by atoms with Gasteiger partial charge in [0.25, 0.3) is 11.8 Å². The first-order valence-electron chi connectivity index (χ1n) is 21.4. The number of aryl methyl sites for hydroxylation is 1. The number of unbranched alkanes of at least 4 members (excludes halogenated alkanes) is 1. The molecule has 6 aromatic rings. The number of amides is 2. The van der Waals surface area contributed by atoms with E-state index in [1.807, 2.05) is 78.8 Å². The molecule has 9 rings (SSSR count). The Morgan fingerprint density at radius 1 is 0.917 bits per heavy atom. The van der Waals surface area contributed by atoms with Crippen molar-refractivity contribution in [2.24, 2.45) is 7.05 Å². The fraction of sp³-hybridized carbons (Fsp3) is 0.347. The Bertz CT molecular complexity index is 2520. The molecule has 4 aromatic carbocycles. The van der Waals surface area contributed by atoms with Crippen molar-refractivity contribution in [3.05, 3.63) is 136 Å². The number of aromatic nitrogens is 2. The summed E-state index contributed by atoms with van der Waals surface area (Å²) < 4.78 is 10.0. The van der Waals surface area contributed by atoms with Gasteiger partial charge in [-0.1, -0.05) is 55.3 Å². The number of hydrogen-bond donors (Lipinski definition) is 2. The van der Waals surface area contributed by atoms with E-state index >= 15 is 9.59 Å². The van der Waals surface area contributed by atoms with Crippen molar-refractivity contribution in [3.8, 4) is 17.0 Å². The summed E-state index contributed by atoms with van der Waals surface area (Å²) in [6.45, 7) is 7.95. The number of phenols is 1. The molecule has 3 aliphatic heterocycles. The van der Waals surface area contributed by atoms with Gasteiger partial charge in [-0.25, -0.2) is 0 Å². The van der Waals surface area contributed by atoms with Crippen molar-refractivity contribution in [3.63, 3.8) is 0 Å². The highest BCUT2D eigenvalue weighted by atomic mass is 35.5. The molecule has 1 fully saturated rings. The van der Waals surface area contributed by atoms with Gasteiger partial charge in [-0.3, -0.25) is 19.4 Å². The van der Waals surface area contributed by atoms with Crippen LogP contribution in [0.15, 0.2) is 103 Å². The molecule has 2 N–H and O–H groups in total. The van der Waals surface area contributed by atoms with Gasteiger partial charge < -0.3 is 29.2 Å². The van der Waals surface area contributed by atoms with Crippen molar-refractivity contribution < 1.29 is 19.4 Å². The van der Waals surface area contributed by atoms with Crippen LogP contribution in [0.5, 0.6) is 5.75 Å². The molecule has 0 spiro atoms. The molecule has 11 heteroatoms. The maximum atomic E-state index is 15.5. The average Bonchev–Trinajstić information content (AvgIpc) is 3.85. The second kappa shape index (κ2) is 17.3. The molecule has 0 saturated carbocycles. The molecule has 3 aliphatic rings. The van der Waals surface area contributed by atoms with Gasteiger partial charge in [0.15, 0.2) is 0 Å². The lowest BCUT2D eigenvalue weighted by Crippen LogP contribution is -2.52. The highest BCUT2D eigenvalue weighted by molar-refractivity contribution is 6.31. The molecule has 5 heterocycles. The largest absolute Gasteiger partial charge is 0.508 e. The number of benzene rings is 4. The Morgan fingerprint density at radius 3 is 2.53 bits per heavy atom. The maximum absolute atomic E-state index is 15.5. The number of carbonyl (C=O) groups excluding carboxylic acids is 2. The van der Waals surface area contributed by atoms with Crippen molar-refractivity contribution >= 4 is 45.7 Å². The van der Waals surface area contributed by atoms with E-state index in [9.17, 15) is 5.11 Å². The minimum Gasteiger partial charge on any atom is -0.508 e. The molecule has 60 heavy (non-hydrogen) atoms. The van der Waals surface area contributed by atoms with Gasteiger partial charge in [-0.2, -0.15) is 0 Å². The number of nitrogens with one attached hydrogen (secondary N) is 1. The summed E-state index contributed by atoms with van der Waals surface area (Å²) in [6.07, 6.45) is 6.60. The maximum Gasteiger partial charge on any atom is 0.264 e. The number of nitrogens with zero attached hydrogens (tertiary/aromatic N) is 5. The first-order valence-corrected chi connectivity index (χ1v) is 21.8. The molecule has 2 amide bonds. The Hall–Kier alpha value is -5.39. The van der Waals surface area contributed by atoms with Crippen LogP contribution in [-0.2, 0) is 31.3 Å². The van der Waals surface area contributed by atoms with Crippen LogP contribution in [0.4, 0.5) is 11.4 Å². The SMILES string of the molecule is CCCCNC1CCCn2c(-c3ccccc3C(=O)N3Cc4cccc(Cl)c4C[C@H]3CN3CCOCC3)cc(C(=O)N(c3ccc(O)cc3)c3ccc4c(ccn4C)c3)c21. The Balaban J connectivity index is 1.16. The predicted octanol–water partition coefficient (Wildman–Crippen LogP) is 9.11. The van der Waals surface area contributed by atoms with Crippen LogP contribution in [-0.4, -0.2) is 81.3 Å². The number of hydrogen-bond acceptors (Lipinski definition) is 6. The quantitative estimate of drug-likeness (QED) is 0.127. The summed E-state index contributed by atoms with van der Waals surface area (Å²) in [5.74, 6) is -0.0792. The second-order valence-corrected chi connectivity index (χ2v) is 16.8. The zero-order valence-electron chi connectivity index (χ0n) is 34.4. The third-order valence-electron chi connectivity index (χ3n) is 12.6. The van der Waals surface area contributed by atoms with Crippen molar-refractivity contribution in [1.82, 2.24) is 24.3 Å². The molecule has 310 valence electrons. The number of ether oxygens (including phenoxy) is 1. The number of aromatic hydroxyl groups is 1. The number of rotatable bonds is 11. The van der Waals surface area contributed by atoms with E-state index in [4.69, 9.17) is 16.3 Å². The lowest BCUT2D eigenvalue weighted by molar-refractivity contribution is 0.0193. The van der Waals surface area contributed by atoms with Crippen molar-refractivity contribution in [2.45, 2.75) is 64.2 Å². The van der Waals surface area contributed by atoms with Gasteiger partial charge in [0, 0.05) is 108 Å². The number of halogens is 1. The summed E-state index contributed by atoms with van der Waals surface area (Å²) in [4.78, 5) is 37.0. The molecule has 1 saturated heterocycles. The Morgan fingerprint density at radius 2 is 1.72 bits per heavy atom.